The minimum atomic E-state index is -1.12. The zero-order valence-electron chi connectivity index (χ0n) is 10.7. The van der Waals surface area contributed by atoms with Crippen LogP contribution in [0.2, 0.25) is 0 Å². The Morgan fingerprint density at radius 3 is 2.86 bits per heavy atom. The Labute approximate surface area is 123 Å². The molecule has 0 unspecified atom stereocenters. The molecule has 0 fully saturated rings. The second-order valence-electron chi connectivity index (χ2n) is 4.02. The Morgan fingerprint density at radius 2 is 2.24 bits per heavy atom. The van der Waals surface area contributed by atoms with Gasteiger partial charge in [0.1, 0.15) is 10.8 Å². The van der Waals surface area contributed by atoms with Gasteiger partial charge in [-0.1, -0.05) is 6.07 Å². The minimum Gasteiger partial charge on any atom is -0.478 e. The van der Waals surface area contributed by atoms with E-state index in [1.54, 1.807) is 11.6 Å². The van der Waals surface area contributed by atoms with Gasteiger partial charge in [0.2, 0.25) is 0 Å². The van der Waals surface area contributed by atoms with Crippen molar-refractivity contribution in [2.24, 2.45) is 0 Å². The third kappa shape index (κ3) is 4.22. The van der Waals surface area contributed by atoms with Gasteiger partial charge in [-0.05, 0) is 23.8 Å². The maximum Gasteiger partial charge on any atom is 0.328 e. The van der Waals surface area contributed by atoms with Gasteiger partial charge in [-0.3, -0.25) is 4.79 Å². The number of hydrogen-bond acceptors (Lipinski definition) is 4. The summed E-state index contributed by atoms with van der Waals surface area (Å²) in [6, 6.07) is 3.90. The molecule has 5 nitrogen and oxygen atoms in total. The van der Waals surface area contributed by atoms with Crippen molar-refractivity contribution < 1.29 is 19.1 Å². The molecule has 0 aliphatic rings. The van der Waals surface area contributed by atoms with Crippen molar-refractivity contribution in [3.05, 3.63) is 57.8 Å². The Bertz CT molecular complexity index is 684. The fraction of sp³-hybridized carbons (Fsp3) is 0.0714. The molecule has 2 N–H and O–H groups in total. The number of carbonyl (C=O) groups excluding carboxylic acids is 1. The largest absolute Gasteiger partial charge is 0.478 e. The van der Waals surface area contributed by atoms with Gasteiger partial charge in [-0.15, -0.1) is 11.3 Å². The number of aliphatic carboxylic acids is 1. The summed E-state index contributed by atoms with van der Waals surface area (Å²) in [5, 5.41) is 13.6. The molecular formula is C14H11FN2O3S. The van der Waals surface area contributed by atoms with Gasteiger partial charge >= 0.3 is 5.97 Å². The highest BCUT2D eigenvalue weighted by Crippen LogP contribution is 2.12. The Morgan fingerprint density at radius 1 is 1.43 bits per heavy atom. The minimum absolute atomic E-state index is 0.0981. The lowest BCUT2D eigenvalue weighted by Gasteiger charge is -2.05. The highest BCUT2D eigenvalue weighted by atomic mass is 32.1. The fourth-order valence-electron chi connectivity index (χ4n) is 1.58. The van der Waals surface area contributed by atoms with E-state index in [2.05, 4.69) is 10.3 Å². The van der Waals surface area contributed by atoms with Crippen LogP contribution in [-0.4, -0.2) is 22.0 Å². The summed E-state index contributed by atoms with van der Waals surface area (Å²) < 4.78 is 13.8. The summed E-state index contributed by atoms with van der Waals surface area (Å²) in [7, 11) is 0. The molecule has 1 heterocycles. The van der Waals surface area contributed by atoms with Gasteiger partial charge < -0.3 is 10.4 Å². The third-order valence-electron chi connectivity index (χ3n) is 2.54. The molecule has 0 radical (unpaired) electrons. The quantitative estimate of drug-likeness (QED) is 0.831. The molecule has 0 saturated carbocycles. The molecule has 1 amide bonds. The van der Waals surface area contributed by atoms with Crippen LogP contribution in [0.5, 0.6) is 0 Å². The molecule has 108 valence electrons. The first-order valence-corrected chi connectivity index (χ1v) is 6.81. The zero-order valence-corrected chi connectivity index (χ0v) is 11.6. The van der Waals surface area contributed by atoms with Crippen molar-refractivity contribution in [3.8, 4) is 0 Å². The maximum absolute atomic E-state index is 13.8. The number of benzene rings is 1. The van der Waals surface area contributed by atoms with Crippen LogP contribution in [-0.2, 0) is 11.3 Å². The van der Waals surface area contributed by atoms with Crippen molar-refractivity contribution in [2.75, 3.05) is 0 Å². The zero-order chi connectivity index (χ0) is 15.2. The Balaban J connectivity index is 2.05. The Hall–Kier alpha value is -2.54. The van der Waals surface area contributed by atoms with Gasteiger partial charge in [0.25, 0.3) is 5.91 Å². The average molecular weight is 306 g/mol. The number of thiazole rings is 1. The molecule has 0 aliphatic heterocycles. The number of nitrogens with one attached hydrogen (secondary N) is 1. The fourth-order valence-corrected chi connectivity index (χ4v) is 2.13. The van der Waals surface area contributed by atoms with Crippen LogP contribution in [0, 0.1) is 5.82 Å². The first-order chi connectivity index (χ1) is 10.1. The first kappa shape index (κ1) is 14.9. The second kappa shape index (κ2) is 6.76. The van der Waals surface area contributed by atoms with Crippen LogP contribution in [0.15, 0.2) is 35.9 Å². The van der Waals surface area contributed by atoms with Gasteiger partial charge in [-0.25, -0.2) is 14.2 Å². The van der Waals surface area contributed by atoms with Gasteiger partial charge in [0.15, 0.2) is 0 Å². The number of hydrogen-bond donors (Lipinski definition) is 2. The van der Waals surface area contributed by atoms with E-state index in [4.69, 9.17) is 5.11 Å². The van der Waals surface area contributed by atoms with E-state index in [-0.39, 0.29) is 12.1 Å². The molecule has 2 aromatic rings. The summed E-state index contributed by atoms with van der Waals surface area (Å²) in [6.07, 6.45) is 3.77. The number of amides is 1. The van der Waals surface area contributed by atoms with E-state index in [0.717, 1.165) is 17.2 Å². The number of rotatable bonds is 5. The van der Waals surface area contributed by atoms with Crippen LogP contribution >= 0.6 is 11.3 Å². The molecule has 2 rings (SSSR count). The predicted molar refractivity (Wildman–Crippen MR) is 76.4 cm³/mol. The molecule has 7 heteroatoms. The van der Waals surface area contributed by atoms with Gasteiger partial charge in [0.05, 0.1) is 12.1 Å². The van der Waals surface area contributed by atoms with Crippen LogP contribution in [0.25, 0.3) is 6.08 Å². The number of carboxylic acids is 1. The monoisotopic (exact) mass is 306 g/mol. The van der Waals surface area contributed by atoms with Crippen molar-refractivity contribution >= 4 is 29.3 Å². The third-order valence-corrected chi connectivity index (χ3v) is 3.32. The van der Waals surface area contributed by atoms with E-state index in [1.165, 1.54) is 29.5 Å². The van der Waals surface area contributed by atoms with Crippen molar-refractivity contribution in [2.45, 2.75) is 6.54 Å². The van der Waals surface area contributed by atoms with E-state index >= 15 is 0 Å². The van der Waals surface area contributed by atoms with Crippen molar-refractivity contribution in [1.82, 2.24) is 10.3 Å². The number of carbonyl (C=O) groups is 2. The molecule has 0 saturated heterocycles. The number of carboxylic acid groups (broad SMARTS) is 1. The van der Waals surface area contributed by atoms with Crippen LogP contribution in [0.4, 0.5) is 4.39 Å². The van der Waals surface area contributed by atoms with Crippen molar-refractivity contribution in [1.29, 1.82) is 0 Å². The normalized spacial score (nSPS) is 10.7. The van der Waals surface area contributed by atoms with E-state index in [0.29, 0.717) is 5.56 Å². The van der Waals surface area contributed by atoms with E-state index in [9.17, 15) is 14.0 Å². The molecule has 21 heavy (non-hydrogen) atoms. The molecular weight excluding hydrogens is 295 g/mol. The van der Waals surface area contributed by atoms with Gasteiger partial charge in [-0.2, -0.15) is 0 Å². The molecule has 1 aromatic carbocycles. The Kier molecular flexibility index (Phi) is 4.78. The second-order valence-corrected chi connectivity index (χ2v) is 5.00. The summed E-state index contributed by atoms with van der Waals surface area (Å²) in [6.45, 7) is 0.233. The van der Waals surface area contributed by atoms with Gasteiger partial charge in [0, 0.05) is 17.7 Å². The lowest BCUT2D eigenvalue weighted by molar-refractivity contribution is -0.131. The van der Waals surface area contributed by atoms with Crippen LogP contribution in [0.3, 0.4) is 0 Å². The summed E-state index contributed by atoms with van der Waals surface area (Å²) in [5.74, 6) is -2.38. The summed E-state index contributed by atoms with van der Waals surface area (Å²) in [4.78, 5) is 26.2. The lowest BCUT2D eigenvalue weighted by Crippen LogP contribution is -2.23. The van der Waals surface area contributed by atoms with E-state index in [1.807, 2.05) is 0 Å². The lowest BCUT2D eigenvalue weighted by atomic mass is 10.1. The number of aromatic nitrogens is 1. The molecule has 0 atom stereocenters. The summed E-state index contributed by atoms with van der Waals surface area (Å²) in [5.41, 5.74) is 0.269. The summed E-state index contributed by atoms with van der Waals surface area (Å²) >= 11 is 1.39. The number of nitrogens with zero attached hydrogens (tertiary/aromatic N) is 1. The smallest absolute Gasteiger partial charge is 0.328 e. The predicted octanol–water partition coefficient (Wildman–Crippen LogP) is 2.31. The standard InChI is InChI=1S/C14H11FN2O3S/c15-11-7-9(2-4-13(18)19)1-3-10(11)14(20)17-8-12-16-5-6-21-12/h1-7H,8H2,(H,17,20)(H,18,19). The number of halogens is 1. The highest BCUT2D eigenvalue weighted by molar-refractivity contribution is 7.09. The van der Waals surface area contributed by atoms with Crippen LogP contribution in [0.1, 0.15) is 20.9 Å². The molecule has 1 aromatic heterocycles. The first-order valence-electron chi connectivity index (χ1n) is 5.93. The average Bonchev–Trinajstić information content (AvgIpc) is 2.96. The highest BCUT2D eigenvalue weighted by Gasteiger charge is 2.12. The van der Waals surface area contributed by atoms with E-state index < -0.39 is 17.7 Å². The molecule has 0 spiro atoms. The molecule has 0 bridgehead atoms. The topological polar surface area (TPSA) is 79.3 Å². The van der Waals surface area contributed by atoms with Crippen molar-refractivity contribution in [3.63, 3.8) is 0 Å². The SMILES string of the molecule is O=C(O)C=Cc1ccc(C(=O)NCc2nccs2)c(F)c1. The van der Waals surface area contributed by atoms with Crippen LogP contribution < -0.4 is 5.32 Å². The molecule has 0 aliphatic carbocycles. The maximum atomic E-state index is 13.8.